The summed E-state index contributed by atoms with van der Waals surface area (Å²) in [6.07, 6.45) is 2.35. The lowest BCUT2D eigenvalue weighted by molar-refractivity contribution is 0.0789. The van der Waals surface area contributed by atoms with Crippen LogP contribution in [-0.4, -0.2) is 46.4 Å². The Balaban J connectivity index is 1.60. The topological polar surface area (TPSA) is 84.9 Å². The standard InChI is InChI=1S/C20H22N2O5S/c1-3-12-22(28(2,24)25)16-10-8-15(9-11-16)20(23)21-13-17-14-26-18-6-4-5-7-19(18)27-17/h3-11,17H,1,12-14H2,2H3,(H,21,23)/t17-/m1/s1. The van der Waals surface area contributed by atoms with E-state index in [2.05, 4.69) is 11.9 Å². The van der Waals surface area contributed by atoms with E-state index in [1.807, 2.05) is 24.3 Å². The number of anilines is 1. The fraction of sp³-hybridized carbons (Fsp3) is 0.250. The van der Waals surface area contributed by atoms with Gasteiger partial charge in [0.25, 0.3) is 5.91 Å². The lowest BCUT2D eigenvalue weighted by Crippen LogP contribution is -2.40. The summed E-state index contributed by atoms with van der Waals surface area (Å²) in [4.78, 5) is 12.4. The summed E-state index contributed by atoms with van der Waals surface area (Å²) in [6.45, 7) is 4.37. The minimum atomic E-state index is -3.43. The Morgan fingerprint density at radius 3 is 2.54 bits per heavy atom. The van der Waals surface area contributed by atoms with E-state index >= 15 is 0 Å². The molecule has 1 heterocycles. The van der Waals surface area contributed by atoms with Gasteiger partial charge >= 0.3 is 0 Å². The second-order valence-corrected chi connectivity index (χ2v) is 8.24. The average molecular weight is 402 g/mol. The van der Waals surface area contributed by atoms with Gasteiger partial charge in [0.15, 0.2) is 11.5 Å². The quantitative estimate of drug-likeness (QED) is 0.718. The van der Waals surface area contributed by atoms with Crippen LogP contribution in [0.5, 0.6) is 11.5 Å². The first-order chi connectivity index (χ1) is 13.4. The van der Waals surface area contributed by atoms with Crippen molar-refractivity contribution in [3.05, 3.63) is 66.7 Å². The fourth-order valence-corrected chi connectivity index (χ4v) is 3.68. The van der Waals surface area contributed by atoms with E-state index in [0.29, 0.717) is 35.9 Å². The number of rotatable bonds is 7. The molecule has 0 fully saturated rings. The largest absolute Gasteiger partial charge is 0.486 e. The Morgan fingerprint density at radius 2 is 1.89 bits per heavy atom. The summed E-state index contributed by atoms with van der Waals surface area (Å²) < 4.78 is 36.4. The van der Waals surface area contributed by atoms with Gasteiger partial charge in [0.05, 0.1) is 25.0 Å². The molecule has 7 nitrogen and oxygen atoms in total. The summed E-state index contributed by atoms with van der Waals surface area (Å²) in [5, 5.41) is 2.81. The second-order valence-electron chi connectivity index (χ2n) is 6.34. The molecule has 1 aliphatic heterocycles. The molecular weight excluding hydrogens is 380 g/mol. The van der Waals surface area contributed by atoms with Crippen LogP contribution in [0.4, 0.5) is 5.69 Å². The van der Waals surface area contributed by atoms with Gasteiger partial charge in [-0.2, -0.15) is 0 Å². The van der Waals surface area contributed by atoms with Crippen LogP contribution >= 0.6 is 0 Å². The van der Waals surface area contributed by atoms with E-state index < -0.39 is 10.0 Å². The smallest absolute Gasteiger partial charge is 0.251 e. The molecule has 0 spiro atoms. The highest BCUT2D eigenvalue weighted by Gasteiger charge is 2.21. The maximum Gasteiger partial charge on any atom is 0.251 e. The van der Waals surface area contributed by atoms with Gasteiger partial charge < -0.3 is 14.8 Å². The van der Waals surface area contributed by atoms with Gasteiger partial charge in [0, 0.05) is 5.56 Å². The van der Waals surface area contributed by atoms with Crippen LogP contribution in [0, 0.1) is 0 Å². The maximum absolute atomic E-state index is 12.4. The van der Waals surface area contributed by atoms with Gasteiger partial charge in [-0.15, -0.1) is 6.58 Å². The average Bonchev–Trinajstić information content (AvgIpc) is 2.69. The molecule has 2 aromatic carbocycles. The van der Waals surface area contributed by atoms with E-state index in [4.69, 9.17) is 9.47 Å². The lowest BCUT2D eigenvalue weighted by Gasteiger charge is -2.26. The highest BCUT2D eigenvalue weighted by atomic mass is 32.2. The molecule has 0 radical (unpaired) electrons. The number of fused-ring (bicyclic) bond motifs is 1. The van der Waals surface area contributed by atoms with Crippen molar-refractivity contribution >= 4 is 21.6 Å². The first-order valence-electron chi connectivity index (χ1n) is 8.74. The molecule has 1 amide bonds. The van der Waals surface area contributed by atoms with Crippen molar-refractivity contribution in [2.45, 2.75) is 6.10 Å². The van der Waals surface area contributed by atoms with Crippen molar-refractivity contribution < 1.29 is 22.7 Å². The number of hydrogen-bond acceptors (Lipinski definition) is 5. The molecule has 28 heavy (non-hydrogen) atoms. The van der Waals surface area contributed by atoms with Gasteiger partial charge in [-0.3, -0.25) is 9.10 Å². The zero-order chi connectivity index (χ0) is 20.1. The summed E-state index contributed by atoms with van der Waals surface area (Å²) in [5.41, 5.74) is 0.896. The van der Waals surface area contributed by atoms with E-state index in [9.17, 15) is 13.2 Å². The minimum Gasteiger partial charge on any atom is -0.486 e. The van der Waals surface area contributed by atoms with Gasteiger partial charge in [0.2, 0.25) is 10.0 Å². The van der Waals surface area contributed by atoms with E-state index in [-0.39, 0.29) is 18.6 Å². The summed E-state index contributed by atoms with van der Waals surface area (Å²) >= 11 is 0. The van der Waals surface area contributed by atoms with Crippen molar-refractivity contribution in [2.75, 3.05) is 30.3 Å². The first-order valence-corrected chi connectivity index (χ1v) is 10.6. The van der Waals surface area contributed by atoms with Crippen LogP contribution in [0.2, 0.25) is 0 Å². The molecule has 0 aliphatic carbocycles. The van der Waals surface area contributed by atoms with Crippen LogP contribution in [0.1, 0.15) is 10.4 Å². The molecule has 1 N–H and O–H groups in total. The molecule has 0 bridgehead atoms. The number of ether oxygens (including phenoxy) is 2. The summed E-state index contributed by atoms with van der Waals surface area (Å²) in [6, 6.07) is 13.7. The number of benzene rings is 2. The number of carbonyl (C=O) groups is 1. The molecule has 1 atom stereocenters. The van der Waals surface area contributed by atoms with E-state index in [1.165, 1.54) is 10.4 Å². The van der Waals surface area contributed by atoms with Crippen molar-refractivity contribution in [2.24, 2.45) is 0 Å². The fourth-order valence-electron chi connectivity index (χ4n) is 2.80. The van der Waals surface area contributed by atoms with Crippen molar-refractivity contribution in [3.8, 4) is 11.5 Å². The Morgan fingerprint density at radius 1 is 1.21 bits per heavy atom. The van der Waals surface area contributed by atoms with Crippen molar-refractivity contribution in [1.82, 2.24) is 5.32 Å². The third-order valence-electron chi connectivity index (χ3n) is 4.17. The van der Waals surface area contributed by atoms with Gasteiger partial charge in [-0.05, 0) is 36.4 Å². The Labute approximate surface area is 164 Å². The Kier molecular flexibility index (Phi) is 5.89. The first kappa shape index (κ1) is 19.8. The number of nitrogens with one attached hydrogen (secondary N) is 1. The van der Waals surface area contributed by atoms with Crippen molar-refractivity contribution in [3.63, 3.8) is 0 Å². The molecule has 0 aromatic heterocycles. The number of para-hydroxylation sites is 2. The zero-order valence-corrected chi connectivity index (χ0v) is 16.3. The van der Waals surface area contributed by atoms with E-state index in [0.717, 1.165) is 6.26 Å². The number of hydrogen-bond donors (Lipinski definition) is 1. The number of sulfonamides is 1. The third-order valence-corrected chi connectivity index (χ3v) is 5.33. The molecule has 0 unspecified atom stereocenters. The molecule has 8 heteroatoms. The molecule has 2 aromatic rings. The lowest BCUT2D eigenvalue weighted by atomic mass is 10.2. The third kappa shape index (κ3) is 4.64. The number of carbonyl (C=O) groups excluding carboxylic acids is 1. The Hall–Kier alpha value is -3.00. The number of amides is 1. The molecule has 148 valence electrons. The minimum absolute atomic E-state index is 0.158. The van der Waals surface area contributed by atoms with Crippen LogP contribution in [0.15, 0.2) is 61.2 Å². The summed E-state index contributed by atoms with van der Waals surface area (Å²) in [5.74, 6) is 1.07. The molecule has 1 aliphatic rings. The summed E-state index contributed by atoms with van der Waals surface area (Å²) in [7, 11) is -3.43. The zero-order valence-electron chi connectivity index (χ0n) is 15.5. The van der Waals surface area contributed by atoms with E-state index in [1.54, 1.807) is 24.3 Å². The molecule has 3 rings (SSSR count). The second kappa shape index (κ2) is 8.35. The number of nitrogens with zero attached hydrogens (tertiary/aromatic N) is 1. The van der Waals surface area contributed by atoms with Gasteiger partial charge in [-0.1, -0.05) is 18.2 Å². The Bertz CT molecular complexity index is 957. The predicted molar refractivity (Wildman–Crippen MR) is 108 cm³/mol. The highest BCUT2D eigenvalue weighted by molar-refractivity contribution is 7.92. The monoisotopic (exact) mass is 402 g/mol. The predicted octanol–water partition coefficient (Wildman–Crippen LogP) is 2.21. The van der Waals surface area contributed by atoms with Crippen LogP contribution in [0.25, 0.3) is 0 Å². The van der Waals surface area contributed by atoms with Crippen LogP contribution in [-0.2, 0) is 10.0 Å². The van der Waals surface area contributed by atoms with Gasteiger partial charge in [-0.25, -0.2) is 8.42 Å². The maximum atomic E-state index is 12.4. The normalized spacial score (nSPS) is 15.5. The molecule has 0 saturated carbocycles. The molecular formula is C20H22N2O5S. The van der Waals surface area contributed by atoms with Gasteiger partial charge in [0.1, 0.15) is 12.7 Å². The van der Waals surface area contributed by atoms with Crippen molar-refractivity contribution in [1.29, 1.82) is 0 Å². The molecule has 0 saturated heterocycles. The highest BCUT2D eigenvalue weighted by Crippen LogP contribution is 2.30. The van der Waals surface area contributed by atoms with Crippen LogP contribution in [0.3, 0.4) is 0 Å². The SMILES string of the molecule is C=CCN(c1ccc(C(=O)NC[C@@H]2COc3ccccc3O2)cc1)S(C)(=O)=O. The van der Waals surface area contributed by atoms with Crippen LogP contribution < -0.4 is 19.1 Å².